The van der Waals surface area contributed by atoms with Crippen LogP contribution < -0.4 is 5.32 Å². The third-order valence-electron chi connectivity index (χ3n) is 3.93. The zero-order chi connectivity index (χ0) is 16.1. The van der Waals surface area contributed by atoms with Gasteiger partial charge in [0, 0.05) is 43.1 Å². The zero-order valence-electron chi connectivity index (χ0n) is 12.9. The number of hydrogen-bond acceptors (Lipinski definition) is 5. The summed E-state index contributed by atoms with van der Waals surface area (Å²) in [7, 11) is 0. The molecule has 1 unspecified atom stereocenters. The van der Waals surface area contributed by atoms with E-state index < -0.39 is 0 Å². The SMILES string of the molecule is O=C(Cn1cc(C2CC2)nn1)NCC(CO)Cc1ccccn1. The van der Waals surface area contributed by atoms with Gasteiger partial charge in [-0.2, -0.15) is 0 Å². The fourth-order valence-corrected chi connectivity index (χ4v) is 2.43. The lowest BCUT2D eigenvalue weighted by atomic mass is 10.0. The van der Waals surface area contributed by atoms with Crippen molar-refractivity contribution in [2.24, 2.45) is 5.92 Å². The molecule has 7 nitrogen and oxygen atoms in total. The molecule has 0 aromatic carbocycles. The molecule has 0 bridgehead atoms. The van der Waals surface area contributed by atoms with Crippen LogP contribution >= 0.6 is 0 Å². The molecule has 2 heterocycles. The Hall–Kier alpha value is -2.28. The number of pyridine rings is 1. The number of rotatable bonds is 8. The van der Waals surface area contributed by atoms with Crippen LogP contribution in [-0.2, 0) is 17.8 Å². The van der Waals surface area contributed by atoms with Gasteiger partial charge >= 0.3 is 0 Å². The minimum atomic E-state index is -0.128. The van der Waals surface area contributed by atoms with Crippen molar-refractivity contribution in [1.29, 1.82) is 0 Å². The molecule has 1 aliphatic carbocycles. The molecule has 2 N–H and O–H groups in total. The van der Waals surface area contributed by atoms with Crippen LogP contribution in [0.25, 0.3) is 0 Å². The summed E-state index contributed by atoms with van der Waals surface area (Å²) < 4.78 is 1.57. The largest absolute Gasteiger partial charge is 0.396 e. The Morgan fingerprint density at radius 1 is 1.43 bits per heavy atom. The maximum Gasteiger partial charge on any atom is 0.241 e. The Labute approximate surface area is 134 Å². The van der Waals surface area contributed by atoms with Crippen molar-refractivity contribution in [3.8, 4) is 0 Å². The minimum Gasteiger partial charge on any atom is -0.396 e. The van der Waals surface area contributed by atoms with Crippen LogP contribution in [0, 0.1) is 5.92 Å². The number of carbonyl (C=O) groups excluding carboxylic acids is 1. The van der Waals surface area contributed by atoms with E-state index in [4.69, 9.17) is 0 Å². The Balaban J connectivity index is 1.44. The van der Waals surface area contributed by atoms with Crippen molar-refractivity contribution in [1.82, 2.24) is 25.3 Å². The molecule has 23 heavy (non-hydrogen) atoms. The summed E-state index contributed by atoms with van der Waals surface area (Å²) in [6.07, 6.45) is 6.53. The third-order valence-corrected chi connectivity index (χ3v) is 3.93. The summed E-state index contributed by atoms with van der Waals surface area (Å²) in [4.78, 5) is 16.2. The Bertz CT molecular complexity index is 639. The molecule has 7 heteroatoms. The monoisotopic (exact) mass is 315 g/mol. The molecule has 1 fully saturated rings. The first-order chi connectivity index (χ1) is 11.2. The van der Waals surface area contributed by atoms with E-state index >= 15 is 0 Å². The number of aliphatic hydroxyl groups excluding tert-OH is 1. The lowest BCUT2D eigenvalue weighted by Crippen LogP contribution is -2.34. The van der Waals surface area contributed by atoms with E-state index in [1.165, 1.54) is 0 Å². The Morgan fingerprint density at radius 2 is 2.30 bits per heavy atom. The molecule has 1 atom stereocenters. The molecular formula is C16H21N5O2. The summed E-state index contributed by atoms with van der Waals surface area (Å²) in [5.74, 6) is 0.354. The van der Waals surface area contributed by atoms with Crippen molar-refractivity contribution in [2.45, 2.75) is 31.7 Å². The maximum atomic E-state index is 12.0. The number of hydrogen-bond donors (Lipinski definition) is 2. The van der Waals surface area contributed by atoms with Gasteiger partial charge < -0.3 is 10.4 Å². The van der Waals surface area contributed by atoms with Gasteiger partial charge in [-0.05, 0) is 31.4 Å². The first-order valence-electron chi connectivity index (χ1n) is 7.92. The molecule has 2 aromatic heterocycles. The number of carbonyl (C=O) groups is 1. The fourth-order valence-electron chi connectivity index (χ4n) is 2.43. The Kier molecular flexibility index (Phi) is 4.97. The number of aromatic nitrogens is 4. The highest BCUT2D eigenvalue weighted by molar-refractivity contribution is 5.75. The maximum absolute atomic E-state index is 12.0. The van der Waals surface area contributed by atoms with Crippen LogP contribution in [0.3, 0.4) is 0 Å². The van der Waals surface area contributed by atoms with E-state index in [9.17, 15) is 9.90 Å². The van der Waals surface area contributed by atoms with Gasteiger partial charge in [0.15, 0.2) is 0 Å². The average Bonchev–Trinajstić information content (AvgIpc) is 3.32. The highest BCUT2D eigenvalue weighted by Crippen LogP contribution is 2.38. The first-order valence-corrected chi connectivity index (χ1v) is 7.92. The number of nitrogens with zero attached hydrogens (tertiary/aromatic N) is 4. The molecule has 3 rings (SSSR count). The second-order valence-electron chi connectivity index (χ2n) is 5.99. The standard InChI is InChI=1S/C16H21N5O2/c22-11-12(7-14-3-1-2-6-17-14)8-18-16(23)10-21-9-15(19-20-21)13-4-5-13/h1-3,6,9,12-13,22H,4-5,7-8,10-11H2,(H,18,23). The minimum absolute atomic E-state index is 0.00596. The molecule has 1 saturated carbocycles. The van der Waals surface area contributed by atoms with Gasteiger partial charge in [-0.15, -0.1) is 5.10 Å². The van der Waals surface area contributed by atoms with E-state index in [2.05, 4.69) is 20.6 Å². The van der Waals surface area contributed by atoms with Crippen LogP contribution in [0.2, 0.25) is 0 Å². The molecule has 122 valence electrons. The molecule has 0 aliphatic heterocycles. The smallest absolute Gasteiger partial charge is 0.241 e. The summed E-state index contributed by atoms with van der Waals surface area (Å²) in [5.41, 5.74) is 1.88. The molecule has 0 saturated heterocycles. The topological polar surface area (TPSA) is 92.9 Å². The third kappa shape index (κ3) is 4.59. The summed E-state index contributed by atoms with van der Waals surface area (Å²) in [6, 6.07) is 5.68. The van der Waals surface area contributed by atoms with Crippen LogP contribution in [0.5, 0.6) is 0 Å². The van der Waals surface area contributed by atoms with E-state index in [-0.39, 0.29) is 25.0 Å². The van der Waals surface area contributed by atoms with Crippen molar-refractivity contribution in [3.63, 3.8) is 0 Å². The quantitative estimate of drug-likeness (QED) is 0.741. The molecule has 1 aliphatic rings. The zero-order valence-corrected chi connectivity index (χ0v) is 12.9. The number of amides is 1. The molecular weight excluding hydrogens is 294 g/mol. The van der Waals surface area contributed by atoms with E-state index in [0.29, 0.717) is 18.9 Å². The highest BCUT2D eigenvalue weighted by Gasteiger charge is 2.26. The van der Waals surface area contributed by atoms with Gasteiger partial charge in [-0.1, -0.05) is 11.3 Å². The van der Waals surface area contributed by atoms with Gasteiger partial charge in [-0.3, -0.25) is 9.78 Å². The summed E-state index contributed by atoms with van der Waals surface area (Å²) in [6.45, 7) is 0.573. The van der Waals surface area contributed by atoms with Gasteiger partial charge in [0.25, 0.3) is 0 Å². The van der Waals surface area contributed by atoms with Gasteiger partial charge in [0.2, 0.25) is 5.91 Å². The predicted molar refractivity (Wildman–Crippen MR) is 83.5 cm³/mol. The van der Waals surface area contributed by atoms with Crippen LogP contribution in [0.4, 0.5) is 0 Å². The van der Waals surface area contributed by atoms with E-state index in [1.54, 1.807) is 10.9 Å². The lowest BCUT2D eigenvalue weighted by molar-refractivity contribution is -0.122. The fraction of sp³-hybridized carbons (Fsp3) is 0.500. The highest BCUT2D eigenvalue weighted by atomic mass is 16.3. The van der Waals surface area contributed by atoms with Crippen molar-refractivity contribution < 1.29 is 9.90 Å². The first kappa shape index (κ1) is 15.6. The van der Waals surface area contributed by atoms with E-state index in [1.807, 2.05) is 24.4 Å². The van der Waals surface area contributed by atoms with Crippen molar-refractivity contribution in [2.75, 3.05) is 13.2 Å². The number of aliphatic hydroxyl groups is 1. The second kappa shape index (κ2) is 7.32. The molecule has 0 radical (unpaired) electrons. The average molecular weight is 315 g/mol. The lowest BCUT2D eigenvalue weighted by Gasteiger charge is -2.14. The molecule has 0 spiro atoms. The van der Waals surface area contributed by atoms with Crippen molar-refractivity contribution >= 4 is 5.91 Å². The van der Waals surface area contributed by atoms with Crippen LogP contribution in [0.15, 0.2) is 30.6 Å². The molecule has 1 amide bonds. The molecule has 2 aromatic rings. The van der Waals surface area contributed by atoms with Gasteiger partial charge in [0.1, 0.15) is 6.54 Å². The summed E-state index contributed by atoms with van der Waals surface area (Å²) in [5, 5.41) is 20.4. The second-order valence-corrected chi connectivity index (χ2v) is 5.99. The summed E-state index contributed by atoms with van der Waals surface area (Å²) >= 11 is 0. The Morgan fingerprint density at radius 3 is 3.00 bits per heavy atom. The normalized spacial score (nSPS) is 15.3. The van der Waals surface area contributed by atoms with Crippen LogP contribution in [-0.4, -0.2) is 44.1 Å². The van der Waals surface area contributed by atoms with E-state index in [0.717, 1.165) is 24.2 Å². The predicted octanol–water partition coefficient (Wildman–Crippen LogP) is 0.518. The van der Waals surface area contributed by atoms with Gasteiger partial charge in [-0.25, -0.2) is 4.68 Å². The van der Waals surface area contributed by atoms with Crippen LogP contribution in [0.1, 0.15) is 30.1 Å². The van der Waals surface area contributed by atoms with Crippen molar-refractivity contribution in [3.05, 3.63) is 42.0 Å². The number of nitrogens with one attached hydrogen (secondary N) is 1. The van der Waals surface area contributed by atoms with Gasteiger partial charge in [0.05, 0.1) is 5.69 Å².